The molecule has 21 heavy (non-hydrogen) atoms. The molecule has 0 aliphatic heterocycles. The van der Waals surface area contributed by atoms with Crippen LogP contribution in [0.25, 0.3) is 16.6 Å². The third-order valence-corrected chi connectivity index (χ3v) is 4.41. The fraction of sp³-hybridized carbons (Fsp3) is 0.267. The molecule has 2 aromatic heterocycles. The molecule has 0 saturated carbocycles. The second kappa shape index (κ2) is 5.37. The maximum atomic E-state index is 11.6. The van der Waals surface area contributed by atoms with E-state index in [0.717, 1.165) is 22.1 Å². The van der Waals surface area contributed by atoms with E-state index in [-0.39, 0.29) is 11.2 Å². The lowest BCUT2D eigenvalue weighted by Gasteiger charge is -2.09. The van der Waals surface area contributed by atoms with Crippen molar-refractivity contribution in [2.45, 2.75) is 24.3 Å². The second-order valence-electron chi connectivity index (χ2n) is 4.80. The lowest BCUT2D eigenvalue weighted by atomic mass is 10.1. The number of esters is 1. The fourth-order valence-corrected chi connectivity index (χ4v) is 3.22. The van der Waals surface area contributed by atoms with Crippen LogP contribution < -0.4 is 0 Å². The molecule has 0 aliphatic rings. The van der Waals surface area contributed by atoms with Gasteiger partial charge in [-0.15, -0.1) is 10.2 Å². The Morgan fingerprint density at radius 1 is 1.33 bits per heavy atom. The number of carbonyl (C=O) groups is 1. The van der Waals surface area contributed by atoms with Gasteiger partial charge in [0.1, 0.15) is 5.25 Å². The summed E-state index contributed by atoms with van der Waals surface area (Å²) in [5.74, 6) is -0.270. The molecule has 0 N–H and O–H groups in total. The van der Waals surface area contributed by atoms with Crippen LogP contribution in [-0.4, -0.2) is 32.9 Å². The zero-order valence-electron chi connectivity index (χ0n) is 12.0. The highest BCUT2D eigenvalue weighted by atomic mass is 32.2. The number of methoxy groups -OCH3 is 1. The summed E-state index contributed by atoms with van der Waals surface area (Å²) in [5.41, 5.74) is 2.98. The first-order valence-corrected chi connectivity index (χ1v) is 7.47. The molecule has 0 saturated heterocycles. The summed E-state index contributed by atoms with van der Waals surface area (Å²) in [6, 6.07) is 10.1. The average Bonchev–Trinajstić information content (AvgIpc) is 2.89. The lowest BCUT2D eigenvalue weighted by Crippen LogP contribution is -2.15. The highest BCUT2D eigenvalue weighted by Crippen LogP contribution is 2.28. The molecule has 2 heterocycles. The highest BCUT2D eigenvalue weighted by Gasteiger charge is 2.19. The molecule has 108 valence electrons. The van der Waals surface area contributed by atoms with Crippen LogP contribution >= 0.6 is 11.8 Å². The van der Waals surface area contributed by atoms with Gasteiger partial charge in [0.25, 0.3) is 0 Å². The molecule has 0 fully saturated rings. The Balaban J connectivity index is 2.17. The number of carbonyl (C=O) groups excluding carboxylic acids is 1. The molecule has 0 radical (unpaired) electrons. The van der Waals surface area contributed by atoms with E-state index in [1.165, 1.54) is 18.9 Å². The number of aromatic nitrogens is 3. The summed E-state index contributed by atoms with van der Waals surface area (Å²) >= 11 is 1.35. The van der Waals surface area contributed by atoms with Gasteiger partial charge in [-0.05, 0) is 31.5 Å². The first kappa shape index (κ1) is 13.9. The quantitative estimate of drug-likeness (QED) is 0.550. The maximum absolute atomic E-state index is 11.6. The summed E-state index contributed by atoms with van der Waals surface area (Å²) in [7, 11) is 1.39. The van der Waals surface area contributed by atoms with E-state index in [4.69, 9.17) is 4.74 Å². The van der Waals surface area contributed by atoms with Gasteiger partial charge in [-0.25, -0.2) is 0 Å². The zero-order chi connectivity index (χ0) is 15.0. The number of pyridine rings is 1. The SMILES string of the molecule is COC(=O)C(C)Sc1nnc2cc(C)c3ccccc3n12. The van der Waals surface area contributed by atoms with E-state index in [9.17, 15) is 4.79 Å². The van der Waals surface area contributed by atoms with Crippen molar-refractivity contribution in [1.82, 2.24) is 14.6 Å². The number of hydrogen-bond donors (Lipinski definition) is 0. The summed E-state index contributed by atoms with van der Waals surface area (Å²) < 4.78 is 6.74. The molecule has 3 rings (SSSR count). The van der Waals surface area contributed by atoms with E-state index >= 15 is 0 Å². The minimum atomic E-state index is -0.331. The van der Waals surface area contributed by atoms with Crippen molar-refractivity contribution in [2.24, 2.45) is 0 Å². The first-order valence-electron chi connectivity index (χ1n) is 6.60. The van der Waals surface area contributed by atoms with E-state index in [2.05, 4.69) is 23.2 Å². The number of fused-ring (bicyclic) bond motifs is 3. The van der Waals surface area contributed by atoms with Crippen molar-refractivity contribution in [1.29, 1.82) is 0 Å². The second-order valence-corrected chi connectivity index (χ2v) is 6.11. The average molecular weight is 301 g/mol. The van der Waals surface area contributed by atoms with Crippen LogP contribution in [0.2, 0.25) is 0 Å². The van der Waals surface area contributed by atoms with Crippen molar-refractivity contribution in [3.05, 3.63) is 35.9 Å². The first-order chi connectivity index (χ1) is 10.1. The number of rotatable bonds is 3. The van der Waals surface area contributed by atoms with Gasteiger partial charge in [-0.2, -0.15) is 0 Å². The number of aryl methyl sites for hydroxylation is 1. The molecule has 3 aromatic rings. The largest absolute Gasteiger partial charge is 0.468 e. The standard InChI is InChI=1S/C15H15N3O2S/c1-9-8-13-16-17-15(21-10(2)14(19)20-3)18(13)12-7-5-4-6-11(9)12/h4-8,10H,1-3H3. The monoisotopic (exact) mass is 301 g/mol. The van der Waals surface area contributed by atoms with E-state index in [0.29, 0.717) is 5.16 Å². The Bertz CT molecular complexity index is 828. The molecule has 1 aromatic carbocycles. The zero-order valence-corrected chi connectivity index (χ0v) is 12.8. The molecule has 0 bridgehead atoms. The van der Waals surface area contributed by atoms with Crippen LogP contribution in [-0.2, 0) is 9.53 Å². The number of nitrogens with zero attached hydrogens (tertiary/aromatic N) is 3. The van der Waals surface area contributed by atoms with Crippen molar-refractivity contribution in [3.63, 3.8) is 0 Å². The predicted octanol–water partition coefficient (Wildman–Crippen LogP) is 2.84. The van der Waals surface area contributed by atoms with Crippen LogP contribution in [0.15, 0.2) is 35.5 Å². The molecule has 5 nitrogen and oxygen atoms in total. The Kier molecular flexibility index (Phi) is 3.55. The van der Waals surface area contributed by atoms with Gasteiger partial charge in [0.15, 0.2) is 10.8 Å². The Hall–Kier alpha value is -2.08. The van der Waals surface area contributed by atoms with Crippen LogP contribution in [0, 0.1) is 6.92 Å². The third kappa shape index (κ3) is 2.35. The Morgan fingerprint density at radius 2 is 2.10 bits per heavy atom. The van der Waals surface area contributed by atoms with E-state index in [1.54, 1.807) is 6.92 Å². The third-order valence-electron chi connectivity index (χ3n) is 3.39. The Labute approximate surface area is 126 Å². The molecule has 0 spiro atoms. The molecule has 0 aliphatic carbocycles. The summed E-state index contributed by atoms with van der Waals surface area (Å²) in [6.45, 7) is 3.86. The molecular weight excluding hydrogens is 286 g/mol. The number of ether oxygens (including phenoxy) is 1. The normalized spacial score (nSPS) is 12.7. The molecule has 1 unspecified atom stereocenters. The van der Waals surface area contributed by atoms with Gasteiger partial charge < -0.3 is 4.74 Å². The van der Waals surface area contributed by atoms with Crippen molar-refractivity contribution in [2.75, 3.05) is 7.11 Å². The van der Waals surface area contributed by atoms with Gasteiger partial charge in [0.05, 0.1) is 12.6 Å². The molecule has 1 atom stereocenters. The van der Waals surface area contributed by atoms with Crippen molar-refractivity contribution < 1.29 is 9.53 Å². The van der Waals surface area contributed by atoms with E-state index < -0.39 is 0 Å². The fourth-order valence-electron chi connectivity index (χ4n) is 2.32. The number of benzene rings is 1. The summed E-state index contributed by atoms with van der Waals surface area (Å²) in [4.78, 5) is 11.6. The van der Waals surface area contributed by atoms with Gasteiger partial charge >= 0.3 is 5.97 Å². The topological polar surface area (TPSA) is 56.5 Å². The van der Waals surface area contributed by atoms with Gasteiger partial charge in [0, 0.05) is 5.39 Å². The van der Waals surface area contributed by atoms with Gasteiger partial charge in [-0.3, -0.25) is 9.20 Å². The highest BCUT2D eigenvalue weighted by molar-refractivity contribution is 8.00. The van der Waals surface area contributed by atoms with Gasteiger partial charge in [0.2, 0.25) is 0 Å². The minimum absolute atomic E-state index is 0.270. The smallest absolute Gasteiger partial charge is 0.318 e. The maximum Gasteiger partial charge on any atom is 0.318 e. The van der Waals surface area contributed by atoms with Crippen LogP contribution in [0.1, 0.15) is 12.5 Å². The van der Waals surface area contributed by atoms with Crippen LogP contribution in [0.3, 0.4) is 0 Å². The number of para-hydroxylation sites is 1. The van der Waals surface area contributed by atoms with Crippen LogP contribution in [0.4, 0.5) is 0 Å². The number of thioether (sulfide) groups is 1. The lowest BCUT2D eigenvalue weighted by molar-refractivity contribution is -0.139. The summed E-state index contributed by atoms with van der Waals surface area (Å²) in [5, 5.41) is 9.93. The Morgan fingerprint density at radius 3 is 2.86 bits per heavy atom. The summed E-state index contributed by atoms with van der Waals surface area (Å²) in [6.07, 6.45) is 0. The molecule has 6 heteroatoms. The molecular formula is C15H15N3O2S. The number of hydrogen-bond acceptors (Lipinski definition) is 5. The molecule has 0 amide bonds. The van der Waals surface area contributed by atoms with Crippen molar-refractivity contribution in [3.8, 4) is 0 Å². The minimum Gasteiger partial charge on any atom is -0.468 e. The predicted molar refractivity (Wildman–Crippen MR) is 82.6 cm³/mol. The van der Waals surface area contributed by atoms with Gasteiger partial charge in [-0.1, -0.05) is 30.0 Å². The van der Waals surface area contributed by atoms with E-state index in [1.807, 2.05) is 28.7 Å². The van der Waals surface area contributed by atoms with Crippen molar-refractivity contribution >= 4 is 34.3 Å². The van der Waals surface area contributed by atoms with Crippen LogP contribution in [0.5, 0.6) is 0 Å².